The van der Waals surface area contributed by atoms with Crippen molar-refractivity contribution < 1.29 is 5.11 Å². The molecule has 0 amide bonds. The number of piperidine rings is 1. The van der Waals surface area contributed by atoms with Crippen LogP contribution in [0.2, 0.25) is 0 Å². The molecular weight excluding hydrogens is 212 g/mol. The van der Waals surface area contributed by atoms with Gasteiger partial charge in [-0.2, -0.15) is 0 Å². The number of rotatable bonds is 2. The van der Waals surface area contributed by atoms with Gasteiger partial charge < -0.3 is 10.0 Å². The van der Waals surface area contributed by atoms with Gasteiger partial charge in [-0.3, -0.25) is 0 Å². The Labute approximate surface area is 103 Å². The summed E-state index contributed by atoms with van der Waals surface area (Å²) in [7, 11) is 0. The average molecular weight is 230 g/mol. The van der Waals surface area contributed by atoms with E-state index in [2.05, 4.69) is 9.74 Å². The minimum Gasteiger partial charge on any atom is -0.390 e. The molecule has 0 saturated carbocycles. The third-order valence-electron chi connectivity index (χ3n) is 3.70. The first-order valence-corrected chi connectivity index (χ1v) is 6.12. The molecule has 1 fully saturated rings. The highest BCUT2D eigenvalue weighted by molar-refractivity contribution is 5.55. The largest absolute Gasteiger partial charge is 0.390 e. The van der Waals surface area contributed by atoms with E-state index in [1.165, 1.54) is 0 Å². The molecule has 1 aliphatic rings. The maximum Gasteiger partial charge on any atom is 0.187 e. The van der Waals surface area contributed by atoms with Crippen molar-refractivity contribution in [1.29, 1.82) is 0 Å². The van der Waals surface area contributed by atoms with E-state index in [-0.39, 0.29) is 0 Å². The van der Waals surface area contributed by atoms with Crippen molar-refractivity contribution in [3.63, 3.8) is 0 Å². The van der Waals surface area contributed by atoms with Crippen molar-refractivity contribution in [2.45, 2.75) is 31.8 Å². The highest BCUT2D eigenvalue weighted by Gasteiger charge is 2.30. The lowest BCUT2D eigenvalue weighted by Gasteiger charge is -2.38. The molecule has 0 unspecified atom stereocenters. The van der Waals surface area contributed by atoms with Crippen molar-refractivity contribution in [1.82, 2.24) is 0 Å². The molecule has 1 N–H and O–H groups in total. The number of hydrogen-bond acceptors (Lipinski definition) is 2. The van der Waals surface area contributed by atoms with E-state index in [4.69, 9.17) is 6.57 Å². The Balaban J connectivity index is 2.03. The highest BCUT2D eigenvalue weighted by Crippen LogP contribution is 2.29. The molecule has 90 valence electrons. The minimum absolute atomic E-state index is 0.465. The Hall–Kier alpha value is -1.53. The molecule has 0 atom stereocenters. The third-order valence-corrected chi connectivity index (χ3v) is 3.70. The topological polar surface area (TPSA) is 27.8 Å². The summed E-state index contributed by atoms with van der Waals surface area (Å²) in [5, 5.41) is 10.2. The predicted octanol–water partition coefficient (Wildman–Crippen LogP) is 2.98. The molecule has 1 heterocycles. The Kier molecular flexibility index (Phi) is 3.35. The summed E-state index contributed by atoms with van der Waals surface area (Å²) in [4.78, 5) is 5.66. The van der Waals surface area contributed by atoms with Gasteiger partial charge in [0.25, 0.3) is 0 Å². The molecule has 3 heteroatoms. The number of nitrogens with zero attached hydrogens (tertiary/aromatic N) is 2. The first-order chi connectivity index (χ1) is 8.17. The predicted molar refractivity (Wildman–Crippen MR) is 69.4 cm³/mol. The summed E-state index contributed by atoms with van der Waals surface area (Å²) in [6.45, 7) is 10.7. The Morgan fingerprint density at radius 1 is 1.29 bits per heavy atom. The van der Waals surface area contributed by atoms with Crippen LogP contribution in [0.15, 0.2) is 24.3 Å². The minimum atomic E-state index is -0.465. The average Bonchev–Trinajstić information content (AvgIpc) is 2.40. The van der Waals surface area contributed by atoms with Crippen LogP contribution in [-0.2, 0) is 0 Å². The zero-order valence-electron chi connectivity index (χ0n) is 10.2. The van der Waals surface area contributed by atoms with Gasteiger partial charge in [-0.1, -0.05) is 19.1 Å². The lowest BCUT2D eigenvalue weighted by atomic mass is 9.89. The summed E-state index contributed by atoms with van der Waals surface area (Å²) < 4.78 is 0. The van der Waals surface area contributed by atoms with Crippen molar-refractivity contribution in [2.75, 3.05) is 18.0 Å². The second-order valence-electron chi connectivity index (χ2n) is 4.69. The normalized spacial score (nSPS) is 18.8. The molecule has 1 saturated heterocycles. The highest BCUT2D eigenvalue weighted by atomic mass is 16.3. The SMILES string of the molecule is [C-]#[N+]c1ccc(N2CCC(O)(CC)CC2)cc1. The van der Waals surface area contributed by atoms with E-state index in [1.54, 1.807) is 0 Å². The smallest absolute Gasteiger partial charge is 0.187 e. The van der Waals surface area contributed by atoms with Crippen LogP contribution >= 0.6 is 0 Å². The molecule has 0 radical (unpaired) electrons. The number of aliphatic hydroxyl groups is 1. The van der Waals surface area contributed by atoms with Gasteiger partial charge in [0.15, 0.2) is 5.69 Å². The Morgan fingerprint density at radius 2 is 1.88 bits per heavy atom. The molecule has 0 aromatic heterocycles. The summed E-state index contributed by atoms with van der Waals surface area (Å²) in [5.74, 6) is 0. The molecule has 1 aromatic carbocycles. The molecular formula is C14H18N2O. The molecule has 0 bridgehead atoms. The van der Waals surface area contributed by atoms with E-state index >= 15 is 0 Å². The molecule has 3 nitrogen and oxygen atoms in total. The molecule has 1 aromatic rings. The van der Waals surface area contributed by atoms with Crippen LogP contribution in [0.4, 0.5) is 11.4 Å². The maximum absolute atomic E-state index is 10.2. The Morgan fingerprint density at radius 3 is 2.35 bits per heavy atom. The summed E-state index contributed by atoms with van der Waals surface area (Å²) in [5.41, 5.74) is 1.36. The van der Waals surface area contributed by atoms with Crippen LogP contribution in [0.1, 0.15) is 26.2 Å². The molecule has 0 spiro atoms. The quantitative estimate of drug-likeness (QED) is 0.791. The van der Waals surface area contributed by atoms with E-state index < -0.39 is 5.60 Å². The van der Waals surface area contributed by atoms with Gasteiger partial charge in [-0.05, 0) is 31.4 Å². The van der Waals surface area contributed by atoms with Gasteiger partial charge in [-0.25, -0.2) is 4.85 Å². The fraction of sp³-hybridized carbons (Fsp3) is 0.500. The molecule has 17 heavy (non-hydrogen) atoms. The lowest BCUT2D eigenvalue weighted by Crippen LogP contribution is -2.44. The van der Waals surface area contributed by atoms with Crippen molar-refractivity contribution in [2.24, 2.45) is 0 Å². The fourth-order valence-corrected chi connectivity index (χ4v) is 2.27. The first kappa shape index (κ1) is 11.9. The van der Waals surface area contributed by atoms with Gasteiger partial charge in [-0.15, -0.1) is 0 Å². The van der Waals surface area contributed by atoms with Crippen LogP contribution < -0.4 is 4.90 Å². The second-order valence-corrected chi connectivity index (χ2v) is 4.69. The van der Waals surface area contributed by atoms with Gasteiger partial charge in [0, 0.05) is 18.8 Å². The Bertz CT molecular complexity index is 411. The van der Waals surface area contributed by atoms with Crippen molar-refractivity contribution in [3.8, 4) is 0 Å². The monoisotopic (exact) mass is 230 g/mol. The summed E-state index contributed by atoms with van der Waals surface area (Å²) in [6.07, 6.45) is 2.49. The first-order valence-electron chi connectivity index (χ1n) is 6.12. The van der Waals surface area contributed by atoms with Gasteiger partial charge in [0.2, 0.25) is 0 Å². The van der Waals surface area contributed by atoms with Crippen LogP contribution in [0.25, 0.3) is 4.85 Å². The zero-order valence-corrected chi connectivity index (χ0v) is 10.2. The van der Waals surface area contributed by atoms with E-state index in [0.29, 0.717) is 5.69 Å². The molecule has 1 aliphatic heterocycles. The van der Waals surface area contributed by atoms with Crippen LogP contribution in [0, 0.1) is 6.57 Å². The van der Waals surface area contributed by atoms with E-state index in [1.807, 2.05) is 31.2 Å². The summed E-state index contributed by atoms with van der Waals surface area (Å²) in [6, 6.07) is 7.68. The summed E-state index contributed by atoms with van der Waals surface area (Å²) >= 11 is 0. The van der Waals surface area contributed by atoms with Gasteiger partial charge in [0.1, 0.15) is 0 Å². The number of hydrogen-bond donors (Lipinski definition) is 1. The van der Waals surface area contributed by atoms with Gasteiger partial charge >= 0.3 is 0 Å². The van der Waals surface area contributed by atoms with Crippen molar-refractivity contribution in [3.05, 3.63) is 35.7 Å². The standard InChI is InChI=1S/C14H18N2O/c1-3-14(17)8-10-16(11-9-14)13-6-4-12(15-2)5-7-13/h4-7,17H,3,8-11H2,1H3. The lowest BCUT2D eigenvalue weighted by molar-refractivity contribution is 0.0126. The second kappa shape index (κ2) is 4.77. The molecule has 2 rings (SSSR count). The van der Waals surface area contributed by atoms with Crippen molar-refractivity contribution >= 4 is 11.4 Å². The van der Waals surface area contributed by atoms with Crippen LogP contribution in [0.3, 0.4) is 0 Å². The van der Waals surface area contributed by atoms with Gasteiger partial charge in [0.05, 0.1) is 12.2 Å². The van der Waals surface area contributed by atoms with Crippen LogP contribution in [-0.4, -0.2) is 23.8 Å². The number of anilines is 1. The fourth-order valence-electron chi connectivity index (χ4n) is 2.27. The zero-order chi connectivity index (χ0) is 12.3. The molecule has 0 aliphatic carbocycles. The third kappa shape index (κ3) is 2.59. The maximum atomic E-state index is 10.2. The van der Waals surface area contributed by atoms with E-state index in [0.717, 1.165) is 38.0 Å². The van der Waals surface area contributed by atoms with E-state index in [9.17, 15) is 5.11 Å². The van der Waals surface area contributed by atoms with Crippen LogP contribution in [0.5, 0.6) is 0 Å². The number of benzene rings is 1.